The molecule has 0 rings (SSSR count). The molecule has 0 aromatic heterocycles. The third-order valence-electron chi connectivity index (χ3n) is 1.27. The van der Waals surface area contributed by atoms with Gasteiger partial charge in [-0.2, -0.15) is 0 Å². The molecule has 2 N–H and O–H groups in total. The molecule has 0 saturated carbocycles. The van der Waals surface area contributed by atoms with Crippen molar-refractivity contribution in [1.82, 2.24) is 5.32 Å². The van der Waals surface area contributed by atoms with Gasteiger partial charge in [0.1, 0.15) is 6.61 Å². The van der Waals surface area contributed by atoms with Gasteiger partial charge in [0.05, 0.1) is 6.61 Å². The van der Waals surface area contributed by atoms with Gasteiger partial charge >= 0.3 is 6.09 Å². The Labute approximate surface area is 71.5 Å². The maximum absolute atomic E-state index is 10.6. The van der Waals surface area contributed by atoms with Gasteiger partial charge in [-0.1, -0.05) is 13.2 Å². The molecule has 1 amide bonds. The summed E-state index contributed by atoms with van der Waals surface area (Å²) in [5.41, 5.74) is 0.986. The van der Waals surface area contributed by atoms with E-state index >= 15 is 0 Å². The molecular weight excluding hydrogens is 158 g/mol. The Balaban J connectivity index is 3.72. The predicted molar refractivity (Wildman–Crippen MR) is 45.8 cm³/mol. The highest BCUT2D eigenvalue weighted by Crippen LogP contribution is 2.03. The van der Waals surface area contributed by atoms with Crippen molar-refractivity contribution in [2.75, 3.05) is 20.3 Å². The Bertz CT molecular complexity index is 198. The molecule has 0 aromatic carbocycles. The number of aliphatic hydroxyl groups is 1. The summed E-state index contributed by atoms with van der Waals surface area (Å²) in [6.45, 7) is 6.97. The zero-order valence-corrected chi connectivity index (χ0v) is 7.09. The Hall–Kier alpha value is -1.29. The number of ether oxygens (including phenoxy) is 1. The first kappa shape index (κ1) is 10.7. The van der Waals surface area contributed by atoms with E-state index in [1.54, 1.807) is 0 Å². The topological polar surface area (TPSA) is 58.6 Å². The summed E-state index contributed by atoms with van der Waals surface area (Å²) in [6.07, 6.45) is -0.526. The van der Waals surface area contributed by atoms with Crippen LogP contribution in [0.4, 0.5) is 4.79 Å². The second-order valence-corrected chi connectivity index (χ2v) is 2.19. The zero-order valence-electron chi connectivity index (χ0n) is 7.09. The molecule has 0 aliphatic heterocycles. The summed E-state index contributed by atoms with van der Waals surface area (Å²) < 4.78 is 4.65. The summed E-state index contributed by atoms with van der Waals surface area (Å²) in [6, 6.07) is 0. The van der Waals surface area contributed by atoms with E-state index in [1.807, 2.05) is 0 Å². The van der Waals surface area contributed by atoms with Gasteiger partial charge in [0.25, 0.3) is 0 Å². The van der Waals surface area contributed by atoms with Crippen LogP contribution in [0.15, 0.2) is 24.3 Å². The minimum absolute atomic E-state index is 0.0546. The molecular formula is C8H13NO3. The maximum atomic E-state index is 10.6. The lowest BCUT2D eigenvalue weighted by Crippen LogP contribution is -2.20. The Kier molecular flexibility index (Phi) is 4.79. The highest BCUT2D eigenvalue weighted by Gasteiger charge is 2.02. The number of carbonyl (C=O) groups is 1. The second kappa shape index (κ2) is 5.37. The smallest absolute Gasteiger partial charge is 0.407 e. The van der Waals surface area contributed by atoms with E-state index in [-0.39, 0.29) is 13.2 Å². The third kappa shape index (κ3) is 3.78. The number of hydrogen-bond donors (Lipinski definition) is 2. The van der Waals surface area contributed by atoms with E-state index in [1.165, 1.54) is 7.05 Å². The van der Waals surface area contributed by atoms with Gasteiger partial charge in [-0.25, -0.2) is 4.79 Å². The first-order valence-electron chi connectivity index (χ1n) is 3.43. The van der Waals surface area contributed by atoms with E-state index in [2.05, 4.69) is 23.2 Å². The fraction of sp³-hybridized carbons (Fsp3) is 0.375. The Morgan fingerprint density at radius 1 is 1.50 bits per heavy atom. The summed E-state index contributed by atoms with van der Waals surface area (Å²) in [5.74, 6) is 0. The lowest BCUT2D eigenvalue weighted by molar-refractivity contribution is 0.158. The van der Waals surface area contributed by atoms with Crippen molar-refractivity contribution in [1.29, 1.82) is 0 Å². The van der Waals surface area contributed by atoms with Crippen molar-refractivity contribution < 1.29 is 14.6 Å². The summed E-state index contributed by atoms with van der Waals surface area (Å²) in [4.78, 5) is 10.6. The Morgan fingerprint density at radius 3 is 2.50 bits per heavy atom. The van der Waals surface area contributed by atoms with Crippen LogP contribution in [-0.4, -0.2) is 31.5 Å². The molecule has 0 aliphatic rings. The highest BCUT2D eigenvalue weighted by atomic mass is 16.5. The van der Waals surface area contributed by atoms with Crippen LogP contribution >= 0.6 is 0 Å². The van der Waals surface area contributed by atoms with Crippen LogP contribution in [-0.2, 0) is 4.74 Å². The fourth-order valence-electron chi connectivity index (χ4n) is 0.439. The Morgan fingerprint density at radius 2 is 2.08 bits per heavy atom. The van der Waals surface area contributed by atoms with E-state index < -0.39 is 6.09 Å². The van der Waals surface area contributed by atoms with Crippen molar-refractivity contribution >= 4 is 6.09 Å². The van der Waals surface area contributed by atoms with Gasteiger partial charge in [0, 0.05) is 7.05 Å². The van der Waals surface area contributed by atoms with Crippen LogP contribution in [0.1, 0.15) is 0 Å². The van der Waals surface area contributed by atoms with Crippen LogP contribution in [0, 0.1) is 0 Å². The lowest BCUT2D eigenvalue weighted by atomic mass is 10.1. The molecule has 0 spiro atoms. The van der Waals surface area contributed by atoms with Gasteiger partial charge in [0.2, 0.25) is 0 Å². The molecule has 0 saturated heterocycles. The number of alkyl carbamates (subject to hydrolysis) is 1. The normalized spacial score (nSPS) is 8.83. The van der Waals surface area contributed by atoms with Crippen LogP contribution in [0.25, 0.3) is 0 Å². The maximum Gasteiger partial charge on any atom is 0.407 e. The standard InChI is InChI=1S/C8H13NO3/c1-6(4-10)7(2)5-12-8(11)9-3/h10H,1-2,4-5H2,3H3,(H,9,11). The zero-order chi connectivity index (χ0) is 9.56. The van der Waals surface area contributed by atoms with Crippen molar-refractivity contribution in [3.05, 3.63) is 24.3 Å². The molecule has 0 aromatic rings. The fourth-order valence-corrected chi connectivity index (χ4v) is 0.439. The van der Waals surface area contributed by atoms with Crippen LogP contribution < -0.4 is 5.32 Å². The molecule has 0 aliphatic carbocycles. The third-order valence-corrected chi connectivity index (χ3v) is 1.27. The van der Waals surface area contributed by atoms with Crippen LogP contribution in [0.2, 0.25) is 0 Å². The summed E-state index contributed by atoms with van der Waals surface area (Å²) >= 11 is 0. The van der Waals surface area contributed by atoms with Crippen molar-refractivity contribution in [2.45, 2.75) is 0 Å². The number of carbonyl (C=O) groups excluding carboxylic acids is 1. The molecule has 0 atom stereocenters. The predicted octanol–water partition coefficient (Wildman–Crippen LogP) is 0.447. The molecule has 4 heteroatoms. The lowest BCUT2D eigenvalue weighted by Gasteiger charge is -2.06. The van der Waals surface area contributed by atoms with Crippen molar-refractivity contribution in [3.63, 3.8) is 0 Å². The second-order valence-electron chi connectivity index (χ2n) is 2.19. The average molecular weight is 171 g/mol. The van der Waals surface area contributed by atoms with E-state index in [9.17, 15) is 4.79 Å². The van der Waals surface area contributed by atoms with Gasteiger partial charge < -0.3 is 15.2 Å². The van der Waals surface area contributed by atoms with Gasteiger partial charge in [-0.15, -0.1) is 0 Å². The molecule has 12 heavy (non-hydrogen) atoms. The number of amides is 1. The van der Waals surface area contributed by atoms with Crippen LogP contribution in [0.3, 0.4) is 0 Å². The van der Waals surface area contributed by atoms with Crippen molar-refractivity contribution in [3.8, 4) is 0 Å². The number of aliphatic hydroxyl groups excluding tert-OH is 1. The molecule has 0 heterocycles. The molecule has 4 nitrogen and oxygen atoms in total. The monoisotopic (exact) mass is 171 g/mol. The average Bonchev–Trinajstić information content (AvgIpc) is 2.11. The minimum Gasteiger partial charge on any atom is -0.445 e. The number of hydrogen-bond acceptors (Lipinski definition) is 3. The molecule has 0 fully saturated rings. The molecule has 68 valence electrons. The van der Waals surface area contributed by atoms with E-state index in [0.29, 0.717) is 11.1 Å². The quantitative estimate of drug-likeness (QED) is 0.604. The van der Waals surface area contributed by atoms with Gasteiger partial charge in [-0.05, 0) is 11.1 Å². The largest absolute Gasteiger partial charge is 0.445 e. The first-order valence-corrected chi connectivity index (χ1v) is 3.43. The first-order chi connectivity index (χ1) is 5.61. The molecule has 0 bridgehead atoms. The van der Waals surface area contributed by atoms with E-state index in [0.717, 1.165) is 0 Å². The summed E-state index contributed by atoms with van der Waals surface area (Å²) in [7, 11) is 1.46. The summed E-state index contributed by atoms with van der Waals surface area (Å²) in [5, 5.41) is 10.9. The van der Waals surface area contributed by atoms with Gasteiger partial charge in [0.15, 0.2) is 0 Å². The van der Waals surface area contributed by atoms with Crippen molar-refractivity contribution in [2.24, 2.45) is 0 Å². The highest BCUT2D eigenvalue weighted by molar-refractivity contribution is 5.66. The number of nitrogens with one attached hydrogen (secondary N) is 1. The molecule has 0 unspecified atom stereocenters. The minimum atomic E-state index is -0.526. The SMILES string of the molecule is C=C(CO)C(=C)COC(=O)NC. The number of rotatable bonds is 4. The van der Waals surface area contributed by atoms with Crippen LogP contribution in [0.5, 0.6) is 0 Å². The molecule has 0 radical (unpaired) electrons. The van der Waals surface area contributed by atoms with E-state index in [4.69, 9.17) is 5.11 Å². The van der Waals surface area contributed by atoms with Gasteiger partial charge in [-0.3, -0.25) is 0 Å².